The third-order valence-electron chi connectivity index (χ3n) is 4.48. The van der Waals surface area contributed by atoms with Crippen molar-refractivity contribution in [3.05, 3.63) is 35.4 Å². The van der Waals surface area contributed by atoms with E-state index in [0.717, 1.165) is 12.1 Å². The van der Waals surface area contributed by atoms with Crippen molar-refractivity contribution < 1.29 is 31.2 Å². The van der Waals surface area contributed by atoms with E-state index in [4.69, 9.17) is 11.5 Å². The number of benzene rings is 1. The van der Waals surface area contributed by atoms with Gasteiger partial charge in [0, 0.05) is 5.56 Å². The van der Waals surface area contributed by atoms with Gasteiger partial charge in [0.2, 0.25) is 5.91 Å². The van der Waals surface area contributed by atoms with E-state index in [1.807, 2.05) is 0 Å². The molecule has 10 heteroatoms. The first-order chi connectivity index (χ1) is 12.8. The number of hydrogen-bond donors (Lipinski definition) is 2. The number of hydrogen-bond acceptors (Lipinski definition) is 5. The van der Waals surface area contributed by atoms with Crippen LogP contribution in [0.25, 0.3) is 0 Å². The van der Waals surface area contributed by atoms with Crippen molar-refractivity contribution in [2.24, 2.45) is 11.5 Å². The van der Waals surface area contributed by atoms with E-state index >= 15 is 0 Å². The fraction of sp³-hybridized carbons (Fsp3) is 0.556. The lowest BCUT2D eigenvalue weighted by Gasteiger charge is -2.27. The number of amides is 1. The zero-order valence-electron chi connectivity index (χ0n) is 15.8. The number of carbonyl (C=O) groups excluding carboxylic acids is 2. The Kier molecular flexibility index (Phi) is 7.78. The van der Waals surface area contributed by atoms with Crippen LogP contribution >= 0.6 is 0 Å². The van der Waals surface area contributed by atoms with Gasteiger partial charge in [0.25, 0.3) is 0 Å². The van der Waals surface area contributed by atoms with E-state index in [9.17, 15) is 31.2 Å². The summed E-state index contributed by atoms with van der Waals surface area (Å²) < 4.78 is 63.6. The highest BCUT2D eigenvalue weighted by molar-refractivity contribution is 7.92. The van der Waals surface area contributed by atoms with Gasteiger partial charge in [-0.3, -0.25) is 9.59 Å². The summed E-state index contributed by atoms with van der Waals surface area (Å²) in [5.74, 6) is -3.49. The highest BCUT2D eigenvalue weighted by Crippen LogP contribution is 2.30. The Balaban J connectivity index is 3.26. The first kappa shape index (κ1) is 24.1. The molecular formula is C18H25F3N2O4S. The molecule has 0 heterocycles. The van der Waals surface area contributed by atoms with Crippen molar-refractivity contribution in [1.29, 1.82) is 0 Å². The van der Waals surface area contributed by atoms with Crippen LogP contribution in [0.2, 0.25) is 0 Å². The fourth-order valence-corrected chi connectivity index (χ4v) is 5.23. The zero-order chi connectivity index (χ0) is 21.8. The normalized spacial score (nSPS) is 14.7. The second-order valence-corrected chi connectivity index (χ2v) is 9.03. The van der Waals surface area contributed by atoms with Crippen LogP contribution in [0.3, 0.4) is 0 Å². The number of Topliss-reactive ketones (excluding diaryl/α,β-unsaturated/α-hetero) is 1. The molecule has 0 aliphatic heterocycles. The quantitative estimate of drug-likeness (QED) is 0.443. The van der Waals surface area contributed by atoms with Gasteiger partial charge >= 0.3 is 6.18 Å². The molecule has 158 valence electrons. The van der Waals surface area contributed by atoms with Gasteiger partial charge in [-0.25, -0.2) is 8.42 Å². The molecule has 0 saturated heterocycles. The summed E-state index contributed by atoms with van der Waals surface area (Å²) in [5.41, 5.74) is 7.17. The molecule has 1 rings (SSSR count). The van der Waals surface area contributed by atoms with Crippen LogP contribution < -0.4 is 11.5 Å². The smallest absolute Gasteiger partial charge is 0.368 e. The number of sulfone groups is 1. The summed E-state index contributed by atoms with van der Waals surface area (Å²) >= 11 is 0. The molecule has 28 heavy (non-hydrogen) atoms. The minimum atomic E-state index is -4.61. The number of nitrogens with two attached hydrogens (primary N) is 2. The van der Waals surface area contributed by atoms with Crippen LogP contribution in [-0.4, -0.2) is 36.6 Å². The molecule has 0 fully saturated rings. The zero-order valence-corrected chi connectivity index (χ0v) is 16.6. The number of primary amides is 1. The second-order valence-electron chi connectivity index (χ2n) is 6.75. The van der Waals surface area contributed by atoms with Crippen LogP contribution in [0, 0.1) is 0 Å². The Bertz CT molecular complexity index is 801. The van der Waals surface area contributed by atoms with Crippen molar-refractivity contribution in [2.75, 3.05) is 5.75 Å². The van der Waals surface area contributed by atoms with Gasteiger partial charge in [0.05, 0.1) is 16.6 Å². The van der Waals surface area contributed by atoms with Crippen molar-refractivity contribution in [3.8, 4) is 0 Å². The lowest BCUT2D eigenvalue weighted by Crippen LogP contribution is -2.63. The Morgan fingerprint density at radius 1 is 1.04 bits per heavy atom. The molecule has 1 aromatic rings. The lowest BCUT2D eigenvalue weighted by atomic mass is 9.91. The summed E-state index contributed by atoms with van der Waals surface area (Å²) in [6, 6.07) is 3.00. The summed E-state index contributed by atoms with van der Waals surface area (Å²) in [5, 5.41) is -0.787. The molecule has 0 aliphatic rings. The van der Waals surface area contributed by atoms with Gasteiger partial charge in [-0.1, -0.05) is 38.8 Å². The predicted molar refractivity (Wildman–Crippen MR) is 99.3 cm³/mol. The monoisotopic (exact) mass is 422 g/mol. The average Bonchev–Trinajstić information content (AvgIpc) is 2.59. The molecular weight excluding hydrogens is 397 g/mol. The van der Waals surface area contributed by atoms with E-state index in [-0.39, 0.29) is 5.56 Å². The maximum Gasteiger partial charge on any atom is 0.416 e. The molecule has 1 atom stereocenters. The predicted octanol–water partition coefficient (Wildman–Crippen LogP) is 2.45. The van der Waals surface area contributed by atoms with Crippen molar-refractivity contribution in [2.45, 2.75) is 56.5 Å². The number of halogens is 3. The van der Waals surface area contributed by atoms with E-state index in [0.29, 0.717) is 37.8 Å². The molecule has 6 nitrogen and oxygen atoms in total. The first-order valence-corrected chi connectivity index (χ1v) is 10.5. The number of ketones is 1. The maximum absolute atomic E-state index is 12.8. The van der Waals surface area contributed by atoms with Crippen LogP contribution in [-0.2, 0) is 20.8 Å². The number of carbonyl (C=O) groups is 2. The van der Waals surface area contributed by atoms with Gasteiger partial charge < -0.3 is 11.5 Å². The van der Waals surface area contributed by atoms with Crippen LogP contribution in [0.4, 0.5) is 13.2 Å². The summed E-state index contributed by atoms with van der Waals surface area (Å²) in [4.78, 5) is 24.6. The Morgan fingerprint density at radius 3 is 1.86 bits per heavy atom. The topological polar surface area (TPSA) is 120 Å². The maximum atomic E-state index is 12.8. The first-order valence-electron chi connectivity index (χ1n) is 8.82. The minimum Gasteiger partial charge on any atom is -0.368 e. The van der Waals surface area contributed by atoms with E-state index < -0.39 is 49.8 Å². The van der Waals surface area contributed by atoms with Gasteiger partial charge in [-0.2, -0.15) is 13.2 Å². The highest BCUT2D eigenvalue weighted by Gasteiger charge is 2.46. The van der Waals surface area contributed by atoms with E-state index in [1.54, 1.807) is 13.8 Å². The Morgan fingerprint density at radius 2 is 1.50 bits per heavy atom. The van der Waals surface area contributed by atoms with Gasteiger partial charge in [-0.15, -0.1) is 0 Å². The van der Waals surface area contributed by atoms with Crippen molar-refractivity contribution in [3.63, 3.8) is 0 Å². The summed E-state index contributed by atoms with van der Waals surface area (Å²) in [6.45, 7) is 3.60. The standard InChI is InChI=1S/C18H25F3N2O4S/c1-3-5-14(6-4-2)28(26,27)11-17(23,16(22)25)15(24)12-7-9-13(10-8-12)18(19,20)21/h7-10,14H,3-6,11,23H2,1-2H3,(H2,22,25). The molecule has 0 bridgehead atoms. The number of alkyl halides is 3. The highest BCUT2D eigenvalue weighted by atomic mass is 32.2. The van der Waals surface area contributed by atoms with Crippen LogP contribution in [0.5, 0.6) is 0 Å². The number of rotatable bonds is 10. The van der Waals surface area contributed by atoms with Gasteiger partial charge in [-0.05, 0) is 25.0 Å². The summed E-state index contributed by atoms with van der Waals surface area (Å²) in [7, 11) is -3.96. The van der Waals surface area contributed by atoms with E-state index in [2.05, 4.69) is 0 Å². The van der Waals surface area contributed by atoms with E-state index in [1.165, 1.54) is 0 Å². The molecule has 1 unspecified atom stereocenters. The third kappa shape index (κ3) is 5.54. The minimum absolute atomic E-state index is 0.327. The van der Waals surface area contributed by atoms with Crippen molar-refractivity contribution in [1.82, 2.24) is 0 Å². The Labute approximate surface area is 162 Å². The molecule has 1 amide bonds. The molecule has 4 N–H and O–H groups in total. The molecule has 0 saturated carbocycles. The van der Waals surface area contributed by atoms with Crippen molar-refractivity contribution >= 4 is 21.5 Å². The SMILES string of the molecule is CCCC(CCC)S(=O)(=O)CC(N)(C(N)=O)C(=O)c1ccc(C(F)(F)F)cc1. The molecule has 0 radical (unpaired) electrons. The molecule has 0 aromatic heterocycles. The third-order valence-corrected chi connectivity index (χ3v) is 6.82. The largest absolute Gasteiger partial charge is 0.416 e. The fourth-order valence-electron chi connectivity index (χ4n) is 2.90. The lowest BCUT2D eigenvalue weighted by molar-refractivity contribution is -0.137. The van der Waals surface area contributed by atoms with Crippen LogP contribution in [0.1, 0.15) is 55.5 Å². The van der Waals surface area contributed by atoms with Crippen LogP contribution in [0.15, 0.2) is 24.3 Å². The Hall–Kier alpha value is -1.94. The molecule has 0 spiro atoms. The molecule has 1 aromatic carbocycles. The summed E-state index contributed by atoms with van der Waals surface area (Å²) in [6.07, 6.45) is -2.79. The molecule has 0 aliphatic carbocycles. The second kappa shape index (κ2) is 9.04. The average molecular weight is 422 g/mol. The van der Waals surface area contributed by atoms with Gasteiger partial charge in [0.1, 0.15) is 0 Å². The van der Waals surface area contributed by atoms with Gasteiger partial charge in [0.15, 0.2) is 21.2 Å².